The number of piperazine rings is 1. The summed E-state index contributed by atoms with van der Waals surface area (Å²) in [4.78, 5) is 13.2. The predicted octanol–water partition coefficient (Wildman–Crippen LogP) is 4.31. The zero-order valence-electron chi connectivity index (χ0n) is 16.5. The van der Waals surface area contributed by atoms with Gasteiger partial charge in [0.1, 0.15) is 5.82 Å². The molecule has 148 valence electrons. The molecule has 1 heterocycles. The van der Waals surface area contributed by atoms with Crippen molar-refractivity contribution in [2.75, 3.05) is 20.1 Å². The van der Waals surface area contributed by atoms with Crippen LogP contribution in [0.1, 0.15) is 30.0 Å². The Bertz CT molecular complexity index is 895. The molecule has 2 aromatic carbocycles. The van der Waals surface area contributed by atoms with Gasteiger partial charge in [-0.3, -0.25) is 10.1 Å². The molecule has 0 aromatic heterocycles. The topological polar surface area (TPSA) is 58.4 Å². The van der Waals surface area contributed by atoms with Crippen LogP contribution >= 0.6 is 0 Å². The van der Waals surface area contributed by atoms with Crippen molar-refractivity contribution in [1.29, 1.82) is 0 Å². The summed E-state index contributed by atoms with van der Waals surface area (Å²) in [6.45, 7) is 5.43. The Morgan fingerprint density at radius 3 is 2.61 bits per heavy atom. The van der Waals surface area contributed by atoms with E-state index in [4.69, 9.17) is 0 Å². The van der Waals surface area contributed by atoms with E-state index in [2.05, 4.69) is 17.1 Å². The van der Waals surface area contributed by atoms with Crippen LogP contribution in [0.2, 0.25) is 0 Å². The number of aryl methyl sites for hydroxylation is 1. The van der Waals surface area contributed by atoms with Crippen LogP contribution in [0.3, 0.4) is 0 Å². The molecule has 0 bridgehead atoms. The highest BCUT2D eigenvalue weighted by atomic mass is 19.1. The molecule has 28 heavy (non-hydrogen) atoms. The summed E-state index contributed by atoms with van der Waals surface area (Å²) >= 11 is 0. The van der Waals surface area contributed by atoms with Gasteiger partial charge in [0, 0.05) is 37.4 Å². The Kier molecular flexibility index (Phi) is 5.79. The number of nitro benzene ring substituents is 1. The highest BCUT2D eigenvalue weighted by Gasteiger charge is 2.34. The Morgan fingerprint density at radius 2 is 2.00 bits per heavy atom. The molecule has 0 amide bonds. The SMILES string of the molecule is CCC1(Cc2ccc(F)cc2)CN(C)C(=Cc2c(C)cccc2[N+](=O)[O-])CN1. The second kappa shape index (κ2) is 8.10. The first-order valence-electron chi connectivity index (χ1n) is 9.49. The van der Waals surface area contributed by atoms with Gasteiger partial charge in [0.25, 0.3) is 5.69 Å². The van der Waals surface area contributed by atoms with Crippen LogP contribution in [0.5, 0.6) is 0 Å². The summed E-state index contributed by atoms with van der Waals surface area (Å²) in [5, 5.41) is 15.0. The lowest BCUT2D eigenvalue weighted by Gasteiger charge is -2.44. The van der Waals surface area contributed by atoms with E-state index in [9.17, 15) is 14.5 Å². The van der Waals surface area contributed by atoms with E-state index in [0.29, 0.717) is 12.1 Å². The molecule has 0 spiro atoms. The Balaban J connectivity index is 1.84. The zero-order valence-corrected chi connectivity index (χ0v) is 16.5. The normalized spacial score (nSPS) is 21.1. The molecule has 1 aliphatic rings. The van der Waals surface area contributed by atoms with Crippen LogP contribution in [0, 0.1) is 22.9 Å². The molecule has 0 radical (unpaired) electrons. The van der Waals surface area contributed by atoms with Gasteiger partial charge < -0.3 is 10.2 Å². The largest absolute Gasteiger partial charge is 0.375 e. The van der Waals surface area contributed by atoms with Gasteiger partial charge in [-0.2, -0.15) is 0 Å². The van der Waals surface area contributed by atoms with Gasteiger partial charge in [0.15, 0.2) is 0 Å². The van der Waals surface area contributed by atoms with Gasteiger partial charge in [-0.1, -0.05) is 31.2 Å². The van der Waals surface area contributed by atoms with E-state index in [-0.39, 0.29) is 22.0 Å². The van der Waals surface area contributed by atoms with Crippen molar-refractivity contribution in [3.63, 3.8) is 0 Å². The minimum absolute atomic E-state index is 0.123. The van der Waals surface area contributed by atoms with Crippen LogP contribution < -0.4 is 5.32 Å². The highest BCUT2D eigenvalue weighted by molar-refractivity contribution is 5.66. The third-order valence-electron chi connectivity index (χ3n) is 5.62. The molecule has 1 N–H and O–H groups in total. The standard InChI is InChI=1S/C22H26FN3O2/c1-4-22(13-17-8-10-18(23)11-9-17)15-25(3)19(14-24-22)12-20-16(2)6-5-7-21(20)26(27)28/h5-12,24H,4,13-15H2,1-3H3. The van der Waals surface area contributed by atoms with E-state index < -0.39 is 0 Å². The summed E-state index contributed by atoms with van der Waals surface area (Å²) in [5.41, 5.74) is 3.64. The van der Waals surface area contributed by atoms with Gasteiger partial charge in [-0.05, 0) is 49.1 Å². The second-order valence-corrected chi connectivity index (χ2v) is 7.55. The van der Waals surface area contributed by atoms with Crippen LogP contribution in [0.4, 0.5) is 10.1 Å². The molecule has 0 aliphatic carbocycles. The Morgan fingerprint density at radius 1 is 1.29 bits per heavy atom. The minimum atomic E-state index is -0.333. The Hall–Kier alpha value is -2.73. The van der Waals surface area contributed by atoms with Crippen molar-refractivity contribution in [3.8, 4) is 0 Å². The van der Waals surface area contributed by atoms with Crippen LogP contribution in [-0.2, 0) is 6.42 Å². The first-order valence-corrected chi connectivity index (χ1v) is 9.49. The van der Waals surface area contributed by atoms with Gasteiger partial charge in [-0.25, -0.2) is 4.39 Å². The summed E-state index contributed by atoms with van der Waals surface area (Å²) in [6, 6.07) is 11.8. The summed E-state index contributed by atoms with van der Waals surface area (Å²) in [7, 11) is 2.02. The highest BCUT2D eigenvalue weighted by Crippen LogP contribution is 2.29. The van der Waals surface area contributed by atoms with Crippen molar-refractivity contribution in [1.82, 2.24) is 10.2 Å². The van der Waals surface area contributed by atoms with Gasteiger partial charge >= 0.3 is 0 Å². The van der Waals surface area contributed by atoms with E-state index in [1.165, 1.54) is 12.1 Å². The molecular formula is C22H26FN3O2. The first-order chi connectivity index (χ1) is 13.3. The lowest BCUT2D eigenvalue weighted by atomic mass is 9.85. The van der Waals surface area contributed by atoms with Crippen molar-refractivity contribution >= 4 is 11.8 Å². The number of hydrogen-bond donors (Lipinski definition) is 1. The molecular weight excluding hydrogens is 357 g/mol. The number of hydrogen-bond acceptors (Lipinski definition) is 4. The van der Waals surface area contributed by atoms with Crippen molar-refractivity contribution in [2.45, 2.75) is 32.2 Å². The number of likely N-dealkylation sites (N-methyl/N-ethyl adjacent to an activating group) is 1. The molecule has 0 saturated carbocycles. The van der Waals surface area contributed by atoms with Gasteiger partial charge in [-0.15, -0.1) is 0 Å². The molecule has 5 nitrogen and oxygen atoms in total. The van der Waals surface area contributed by atoms with Gasteiger partial charge in [0.05, 0.1) is 10.5 Å². The molecule has 3 rings (SSSR count). The number of nitrogens with zero attached hydrogens (tertiary/aromatic N) is 2. The predicted molar refractivity (Wildman–Crippen MR) is 110 cm³/mol. The van der Waals surface area contributed by atoms with Crippen LogP contribution in [0.15, 0.2) is 48.2 Å². The number of halogens is 1. The average molecular weight is 383 g/mol. The maximum absolute atomic E-state index is 13.2. The van der Waals surface area contributed by atoms with Crippen LogP contribution in [0.25, 0.3) is 6.08 Å². The molecule has 1 atom stereocenters. The van der Waals surface area contributed by atoms with Crippen molar-refractivity contribution < 1.29 is 9.31 Å². The first kappa shape index (κ1) is 20.0. The second-order valence-electron chi connectivity index (χ2n) is 7.55. The fourth-order valence-electron chi connectivity index (χ4n) is 3.84. The number of nitro groups is 1. The van der Waals surface area contributed by atoms with E-state index in [0.717, 1.165) is 36.2 Å². The van der Waals surface area contributed by atoms with E-state index in [1.807, 2.05) is 38.2 Å². The smallest absolute Gasteiger partial charge is 0.276 e. The quantitative estimate of drug-likeness (QED) is 0.617. The molecule has 1 aliphatic heterocycles. The molecule has 6 heteroatoms. The fourth-order valence-corrected chi connectivity index (χ4v) is 3.84. The summed E-state index contributed by atoms with van der Waals surface area (Å²) in [5.74, 6) is -0.229. The summed E-state index contributed by atoms with van der Waals surface area (Å²) < 4.78 is 13.2. The monoisotopic (exact) mass is 383 g/mol. The maximum atomic E-state index is 13.2. The maximum Gasteiger partial charge on any atom is 0.276 e. The Labute approximate surface area is 165 Å². The molecule has 1 saturated heterocycles. The lowest BCUT2D eigenvalue weighted by molar-refractivity contribution is -0.385. The average Bonchev–Trinajstić information content (AvgIpc) is 2.67. The number of benzene rings is 2. The van der Waals surface area contributed by atoms with E-state index in [1.54, 1.807) is 12.1 Å². The summed E-state index contributed by atoms with van der Waals surface area (Å²) in [6.07, 6.45) is 3.64. The number of rotatable bonds is 5. The van der Waals surface area contributed by atoms with Crippen LogP contribution in [-0.4, -0.2) is 35.5 Å². The fraction of sp³-hybridized carbons (Fsp3) is 0.364. The molecule has 1 unspecified atom stereocenters. The van der Waals surface area contributed by atoms with Gasteiger partial charge in [0.2, 0.25) is 0 Å². The number of nitrogens with one attached hydrogen (secondary N) is 1. The third kappa shape index (κ3) is 4.22. The lowest BCUT2D eigenvalue weighted by Crippen LogP contribution is -2.59. The zero-order chi connectivity index (χ0) is 20.3. The minimum Gasteiger partial charge on any atom is -0.375 e. The van der Waals surface area contributed by atoms with E-state index >= 15 is 0 Å². The van der Waals surface area contributed by atoms with Crippen molar-refractivity contribution in [3.05, 3.63) is 80.8 Å². The third-order valence-corrected chi connectivity index (χ3v) is 5.62. The van der Waals surface area contributed by atoms with Crippen molar-refractivity contribution in [2.24, 2.45) is 0 Å². The molecule has 1 fully saturated rings. The molecule has 2 aromatic rings.